The predicted octanol–water partition coefficient (Wildman–Crippen LogP) is 1.84. The second-order valence-electron chi connectivity index (χ2n) is 8.09. The molecule has 1 N–H and O–H groups in total. The Hall–Kier alpha value is -1.90. The molecule has 0 atom stereocenters. The van der Waals surface area contributed by atoms with Crippen LogP contribution in [0.5, 0.6) is 5.75 Å². The van der Waals surface area contributed by atoms with Gasteiger partial charge in [-0.2, -0.15) is 0 Å². The van der Waals surface area contributed by atoms with E-state index in [1.807, 2.05) is 0 Å². The Morgan fingerprint density at radius 1 is 0.649 bits per heavy atom. The number of nitro benzene ring substituents is 1. The summed E-state index contributed by atoms with van der Waals surface area (Å²) in [5.74, 6) is 0.563. The van der Waals surface area contributed by atoms with E-state index in [1.165, 1.54) is 12.1 Å². The zero-order chi connectivity index (χ0) is 26.2. The monoisotopic (exact) mass is 530 g/mol. The largest absolute Gasteiger partial charge is 0.491 e. The van der Waals surface area contributed by atoms with E-state index in [4.69, 9.17) is 37.9 Å². The van der Waals surface area contributed by atoms with Crippen LogP contribution in [0.3, 0.4) is 0 Å². The van der Waals surface area contributed by atoms with Gasteiger partial charge in [0.25, 0.3) is 5.69 Å². The van der Waals surface area contributed by atoms with Gasteiger partial charge in [-0.05, 0) is 38.1 Å². The maximum absolute atomic E-state index is 10.6. The summed E-state index contributed by atoms with van der Waals surface area (Å²) < 4.78 is 44.0. The van der Waals surface area contributed by atoms with Crippen molar-refractivity contribution in [2.75, 3.05) is 106 Å². The number of nitrogens with one attached hydrogen (secondary N) is 1. The molecule has 1 aliphatic rings. The zero-order valence-electron chi connectivity index (χ0n) is 21.6. The average Bonchev–Trinajstić information content (AvgIpc) is 2.92. The van der Waals surface area contributed by atoms with Crippen LogP contribution < -0.4 is 10.1 Å². The summed E-state index contributed by atoms with van der Waals surface area (Å²) in [5.41, 5.74) is 0.0317. The van der Waals surface area contributed by atoms with E-state index in [0.29, 0.717) is 104 Å². The van der Waals surface area contributed by atoms with Crippen molar-refractivity contribution in [3.05, 3.63) is 34.4 Å². The van der Waals surface area contributed by atoms with E-state index >= 15 is 0 Å². The molecule has 212 valence electrons. The van der Waals surface area contributed by atoms with Gasteiger partial charge in [-0.3, -0.25) is 10.1 Å². The number of piperidine rings is 1. The molecule has 1 heterocycles. The molecule has 1 saturated heterocycles. The third-order valence-corrected chi connectivity index (χ3v) is 5.27. The molecule has 0 aromatic heterocycles. The topological polar surface area (TPSA) is 129 Å². The molecule has 12 heteroatoms. The number of rotatable bonds is 24. The molecule has 1 aromatic carbocycles. The van der Waals surface area contributed by atoms with Gasteiger partial charge in [-0.1, -0.05) is 0 Å². The van der Waals surface area contributed by atoms with Gasteiger partial charge in [-0.25, -0.2) is 0 Å². The first-order valence-corrected chi connectivity index (χ1v) is 12.9. The van der Waals surface area contributed by atoms with Gasteiger partial charge in [0.2, 0.25) is 0 Å². The normalized spacial score (nSPS) is 14.2. The Bertz CT molecular complexity index is 674. The van der Waals surface area contributed by atoms with Crippen LogP contribution in [0.2, 0.25) is 0 Å². The van der Waals surface area contributed by atoms with Gasteiger partial charge in [0, 0.05) is 12.1 Å². The summed E-state index contributed by atoms with van der Waals surface area (Å²) in [4.78, 5) is 10.2. The zero-order valence-corrected chi connectivity index (χ0v) is 21.6. The minimum Gasteiger partial charge on any atom is -0.491 e. The molecule has 0 aliphatic carbocycles. The lowest BCUT2D eigenvalue weighted by Gasteiger charge is -2.22. The van der Waals surface area contributed by atoms with Crippen molar-refractivity contribution >= 4 is 5.69 Å². The molecule has 0 spiro atoms. The van der Waals surface area contributed by atoms with Gasteiger partial charge in [-0.15, -0.1) is 0 Å². The molecule has 0 amide bonds. The van der Waals surface area contributed by atoms with Crippen LogP contribution in [0.4, 0.5) is 5.69 Å². The first kappa shape index (κ1) is 31.3. The molecule has 1 aliphatic heterocycles. The van der Waals surface area contributed by atoms with Crippen molar-refractivity contribution in [3.63, 3.8) is 0 Å². The van der Waals surface area contributed by atoms with Crippen LogP contribution in [0, 0.1) is 10.1 Å². The minimum absolute atomic E-state index is 0.0317. The van der Waals surface area contributed by atoms with Gasteiger partial charge >= 0.3 is 0 Å². The third kappa shape index (κ3) is 17.3. The van der Waals surface area contributed by atoms with E-state index in [1.54, 1.807) is 12.1 Å². The maximum atomic E-state index is 10.6. The lowest BCUT2D eigenvalue weighted by atomic mass is 10.1. The van der Waals surface area contributed by atoms with Gasteiger partial charge < -0.3 is 43.2 Å². The Morgan fingerprint density at radius 3 is 1.49 bits per heavy atom. The summed E-state index contributed by atoms with van der Waals surface area (Å²) in [6, 6.07) is 5.93. The van der Waals surface area contributed by atoms with Gasteiger partial charge in [0.1, 0.15) is 12.4 Å². The average molecular weight is 531 g/mol. The van der Waals surface area contributed by atoms with Crippen molar-refractivity contribution in [1.82, 2.24) is 5.32 Å². The molecular formula is C25H42N2O10. The lowest BCUT2D eigenvalue weighted by Crippen LogP contribution is -2.33. The summed E-state index contributed by atoms with van der Waals surface area (Å²) in [6.07, 6.45) is 2.52. The van der Waals surface area contributed by atoms with E-state index in [9.17, 15) is 10.1 Å². The Labute approximate surface area is 218 Å². The Kier molecular flexibility index (Phi) is 18.7. The molecule has 0 bridgehead atoms. The molecule has 2 rings (SSSR count). The SMILES string of the molecule is O=[N+]([O-])c1ccc(OCCOCCOCCOCCOCCOCCOCCOC2CCNCC2)cc1. The Morgan fingerprint density at radius 2 is 1.05 bits per heavy atom. The second kappa shape index (κ2) is 22.1. The molecule has 0 saturated carbocycles. The summed E-state index contributed by atoms with van der Waals surface area (Å²) in [7, 11) is 0. The van der Waals surface area contributed by atoms with Crippen molar-refractivity contribution in [1.29, 1.82) is 0 Å². The molecule has 37 heavy (non-hydrogen) atoms. The first-order chi connectivity index (χ1) is 18.3. The van der Waals surface area contributed by atoms with Crippen LogP contribution in [0.25, 0.3) is 0 Å². The number of non-ortho nitro benzene ring substituents is 1. The molecule has 0 unspecified atom stereocenters. The highest BCUT2D eigenvalue weighted by Crippen LogP contribution is 2.17. The first-order valence-electron chi connectivity index (χ1n) is 12.9. The highest BCUT2D eigenvalue weighted by atomic mass is 16.6. The molecule has 0 radical (unpaired) electrons. The molecule has 1 fully saturated rings. The number of hydrogen-bond acceptors (Lipinski definition) is 11. The summed E-state index contributed by atoms with van der Waals surface area (Å²) in [6.45, 7) is 9.08. The maximum Gasteiger partial charge on any atom is 0.269 e. The van der Waals surface area contributed by atoms with Gasteiger partial charge in [0.15, 0.2) is 0 Å². The van der Waals surface area contributed by atoms with Crippen molar-refractivity contribution in [2.24, 2.45) is 0 Å². The van der Waals surface area contributed by atoms with Gasteiger partial charge in [0.05, 0.1) is 96.9 Å². The van der Waals surface area contributed by atoms with E-state index in [-0.39, 0.29) is 5.69 Å². The predicted molar refractivity (Wildman–Crippen MR) is 135 cm³/mol. The molecular weight excluding hydrogens is 488 g/mol. The number of nitrogens with zero attached hydrogens (tertiary/aromatic N) is 1. The molecule has 1 aromatic rings. The van der Waals surface area contributed by atoms with Crippen LogP contribution >= 0.6 is 0 Å². The van der Waals surface area contributed by atoms with Crippen LogP contribution in [0.1, 0.15) is 12.8 Å². The highest BCUT2D eigenvalue weighted by Gasteiger charge is 2.12. The fraction of sp³-hybridized carbons (Fsp3) is 0.760. The molecule has 12 nitrogen and oxygen atoms in total. The smallest absolute Gasteiger partial charge is 0.269 e. The third-order valence-electron chi connectivity index (χ3n) is 5.27. The number of ether oxygens (including phenoxy) is 8. The van der Waals surface area contributed by atoms with E-state index in [2.05, 4.69) is 5.32 Å². The lowest BCUT2D eigenvalue weighted by molar-refractivity contribution is -0.384. The fourth-order valence-electron chi connectivity index (χ4n) is 3.32. The minimum atomic E-state index is -0.448. The van der Waals surface area contributed by atoms with Crippen LogP contribution in [-0.2, 0) is 33.2 Å². The summed E-state index contributed by atoms with van der Waals surface area (Å²) in [5, 5.41) is 13.9. The number of benzene rings is 1. The van der Waals surface area contributed by atoms with E-state index < -0.39 is 4.92 Å². The summed E-state index contributed by atoms with van der Waals surface area (Å²) >= 11 is 0. The van der Waals surface area contributed by atoms with Crippen molar-refractivity contribution in [3.8, 4) is 5.75 Å². The van der Waals surface area contributed by atoms with Crippen molar-refractivity contribution in [2.45, 2.75) is 18.9 Å². The fourth-order valence-corrected chi connectivity index (χ4v) is 3.32. The van der Waals surface area contributed by atoms with Crippen LogP contribution in [0.15, 0.2) is 24.3 Å². The Balaban J connectivity index is 1.21. The standard InChI is InChI=1S/C25H42N2O10/c28-27(29)23-1-3-24(4-2-23)36-21-19-34-17-15-32-13-11-30-9-10-31-12-14-33-16-18-35-20-22-37-25-5-7-26-8-6-25/h1-4,25-26H,5-22H2. The highest BCUT2D eigenvalue weighted by molar-refractivity contribution is 5.35. The quantitative estimate of drug-likeness (QED) is 0.119. The second-order valence-corrected chi connectivity index (χ2v) is 8.09. The van der Waals surface area contributed by atoms with Crippen LogP contribution in [-0.4, -0.2) is 117 Å². The number of hydrogen-bond donors (Lipinski definition) is 1. The van der Waals surface area contributed by atoms with Crippen molar-refractivity contribution < 1.29 is 42.8 Å². The number of nitro groups is 1. The van der Waals surface area contributed by atoms with E-state index in [0.717, 1.165) is 25.9 Å².